The van der Waals surface area contributed by atoms with Crippen molar-refractivity contribution in [3.05, 3.63) is 23.8 Å². The fourth-order valence-corrected chi connectivity index (χ4v) is 9.35. The van der Waals surface area contributed by atoms with Gasteiger partial charge in [0.05, 0.1) is 11.7 Å². The molecular weight excluding hydrogens is 388 g/mol. The van der Waals surface area contributed by atoms with Gasteiger partial charge in [-0.15, -0.1) is 0 Å². The van der Waals surface area contributed by atoms with Crippen LogP contribution in [0.25, 0.3) is 0 Å². The van der Waals surface area contributed by atoms with Crippen molar-refractivity contribution < 1.29 is 9.53 Å². The van der Waals surface area contributed by atoms with E-state index in [4.69, 9.17) is 17.4 Å². The molecule has 30 heavy (non-hydrogen) atoms. The summed E-state index contributed by atoms with van der Waals surface area (Å²) in [5.41, 5.74) is 1.88. The number of carbonyl (C=O) groups is 1. The number of carbonyl (C=O) groups excluding carboxylic acids is 1. The Labute approximate surface area is 188 Å². The summed E-state index contributed by atoms with van der Waals surface area (Å²) in [6, 6.07) is 0. The number of hydrogen-bond donors (Lipinski definition) is 1. The maximum absolute atomic E-state index is 12.1. The first-order chi connectivity index (χ1) is 14.0. The molecule has 2 saturated carbocycles. The fourth-order valence-electron chi connectivity index (χ4n) is 8.44. The molecule has 0 aromatic carbocycles. The van der Waals surface area contributed by atoms with Gasteiger partial charge in [0.2, 0.25) is 0 Å². The minimum Gasteiger partial charge on any atom is -0.367 e. The quantitative estimate of drug-likeness (QED) is 0.406. The molecule has 3 heteroatoms. The maximum atomic E-state index is 12.1. The molecular formula is C27H40O2S. The van der Waals surface area contributed by atoms with Gasteiger partial charge in [-0.05, 0) is 105 Å². The maximum Gasteiger partial charge on any atom is 0.156 e. The van der Waals surface area contributed by atoms with Gasteiger partial charge < -0.3 is 4.74 Å². The molecule has 0 N–H and O–H groups in total. The van der Waals surface area contributed by atoms with E-state index in [0.717, 1.165) is 18.3 Å². The van der Waals surface area contributed by atoms with Gasteiger partial charge in [0, 0.05) is 11.2 Å². The predicted molar refractivity (Wildman–Crippen MR) is 126 cm³/mol. The van der Waals surface area contributed by atoms with Gasteiger partial charge in [0.15, 0.2) is 5.78 Å². The van der Waals surface area contributed by atoms with Crippen LogP contribution in [0.5, 0.6) is 0 Å². The lowest BCUT2D eigenvalue weighted by Gasteiger charge is -2.61. The fraction of sp³-hybridized carbons (Fsp3) is 0.815. The standard InChI is InChI=1S/C27H40O2S/c1-17(6-9-23-24(2,3)29-23)20-7-8-21-26(20,5)14-12-22-25(4)13-11-19(28)16-18(25)10-15-27(21,22)30/h10,15-17,20-23,30H,6-9,11-14H2,1-5H3/t17-,20?,21-,22-,23?,25+,26?,27?/m1/s1. The van der Waals surface area contributed by atoms with Gasteiger partial charge >= 0.3 is 0 Å². The Morgan fingerprint density at radius 1 is 1.13 bits per heavy atom. The summed E-state index contributed by atoms with van der Waals surface area (Å²) in [5.74, 6) is 3.03. The SMILES string of the molecule is C[C@H](CCC1OC1(C)C)C1CC[C@@H]2C1(C)CC[C@H]1C2(S)C=CC2=CC(=O)CC[C@@]21C. The second-order valence-electron chi connectivity index (χ2n) is 12.3. The average Bonchev–Trinajstić information content (AvgIpc) is 3.11. The predicted octanol–water partition coefficient (Wildman–Crippen LogP) is 6.56. The van der Waals surface area contributed by atoms with Crippen LogP contribution in [0.15, 0.2) is 23.8 Å². The number of fused-ring (bicyclic) bond motifs is 5. The van der Waals surface area contributed by atoms with Gasteiger partial charge in [-0.3, -0.25) is 4.79 Å². The van der Waals surface area contributed by atoms with E-state index in [-0.39, 0.29) is 15.8 Å². The van der Waals surface area contributed by atoms with E-state index >= 15 is 0 Å². The first kappa shape index (κ1) is 21.3. The van der Waals surface area contributed by atoms with E-state index in [1.54, 1.807) is 0 Å². The van der Waals surface area contributed by atoms with Crippen LogP contribution in [0.1, 0.15) is 86.0 Å². The monoisotopic (exact) mass is 428 g/mol. The van der Waals surface area contributed by atoms with E-state index in [0.29, 0.717) is 35.6 Å². The van der Waals surface area contributed by atoms with Crippen molar-refractivity contribution in [2.45, 2.75) is 102 Å². The summed E-state index contributed by atoms with van der Waals surface area (Å²) in [6.45, 7) is 11.9. The third-order valence-electron chi connectivity index (χ3n) is 10.4. The lowest BCUT2D eigenvalue weighted by molar-refractivity contribution is -0.116. The van der Waals surface area contributed by atoms with Crippen molar-refractivity contribution >= 4 is 18.4 Å². The normalized spacial score (nSPS) is 49.7. The Kier molecular flexibility index (Phi) is 4.78. The lowest BCUT2D eigenvalue weighted by Crippen LogP contribution is -2.57. The first-order valence-corrected chi connectivity index (χ1v) is 12.8. The highest BCUT2D eigenvalue weighted by atomic mass is 32.1. The van der Waals surface area contributed by atoms with E-state index < -0.39 is 0 Å². The summed E-state index contributed by atoms with van der Waals surface area (Å²) < 4.78 is 5.82. The van der Waals surface area contributed by atoms with Crippen molar-refractivity contribution in [2.24, 2.45) is 34.5 Å². The Morgan fingerprint density at radius 2 is 1.87 bits per heavy atom. The van der Waals surface area contributed by atoms with Gasteiger partial charge in [0.25, 0.3) is 0 Å². The number of ether oxygens (including phenoxy) is 1. The lowest BCUT2D eigenvalue weighted by atomic mass is 9.47. The van der Waals surface area contributed by atoms with Crippen molar-refractivity contribution in [2.75, 3.05) is 0 Å². The van der Waals surface area contributed by atoms with E-state index in [1.807, 2.05) is 6.08 Å². The number of ketones is 1. The highest BCUT2D eigenvalue weighted by molar-refractivity contribution is 7.82. The zero-order chi connectivity index (χ0) is 21.5. The minimum atomic E-state index is -0.0322. The molecule has 5 aliphatic rings. The molecule has 0 bridgehead atoms. The molecule has 0 radical (unpaired) electrons. The molecule has 4 unspecified atom stereocenters. The van der Waals surface area contributed by atoms with Gasteiger partial charge in [-0.2, -0.15) is 12.6 Å². The number of rotatable bonds is 4. The summed E-state index contributed by atoms with van der Waals surface area (Å²) in [7, 11) is 0. The molecule has 2 nitrogen and oxygen atoms in total. The van der Waals surface area contributed by atoms with E-state index in [9.17, 15) is 4.79 Å². The Morgan fingerprint density at radius 3 is 2.57 bits per heavy atom. The van der Waals surface area contributed by atoms with Crippen LogP contribution in [-0.2, 0) is 9.53 Å². The van der Waals surface area contributed by atoms with Crippen molar-refractivity contribution in [3.8, 4) is 0 Å². The molecule has 8 atom stereocenters. The summed E-state index contributed by atoms with van der Waals surface area (Å²) in [5, 5.41) is 0. The number of hydrogen-bond acceptors (Lipinski definition) is 3. The van der Waals surface area contributed by atoms with Gasteiger partial charge in [-0.1, -0.05) is 32.9 Å². The third-order valence-corrected chi connectivity index (χ3v) is 11.2. The Balaban J connectivity index is 1.38. The van der Waals surface area contributed by atoms with Gasteiger partial charge in [-0.25, -0.2) is 0 Å². The highest BCUT2D eigenvalue weighted by Gasteiger charge is 2.64. The molecule has 166 valence electrons. The largest absolute Gasteiger partial charge is 0.367 e. The smallest absolute Gasteiger partial charge is 0.156 e. The second-order valence-corrected chi connectivity index (χ2v) is 13.1. The van der Waals surface area contributed by atoms with E-state index in [1.165, 1.54) is 44.1 Å². The van der Waals surface area contributed by atoms with Crippen LogP contribution in [0, 0.1) is 34.5 Å². The molecule has 0 amide bonds. The summed E-state index contributed by atoms with van der Waals surface area (Å²) >= 11 is 5.51. The van der Waals surface area contributed by atoms with Crippen LogP contribution >= 0.6 is 12.6 Å². The first-order valence-electron chi connectivity index (χ1n) is 12.4. The molecule has 0 aromatic heterocycles. The van der Waals surface area contributed by atoms with Crippen molar-refractivity contribution in [1.82, 2.24) is 0 Å². The van der Waals surface area contributed by atoms with Crippen molar-refractivity contribution in [3.63, 3.8) is 0 Å². The Hall–Kier alpha value is -0.540. The summed E-state index contributed by atoms with van der Waals surface area (Å²) in [6.07, 6.45) is 16.5. The van der Waals surface area contributed by atoms with Crippen LogP contribution in [0.4, 0.5) is 0 Å². The zero-order valence-electron chi connectivity index (χ0n) is 19.5. The molecule has 0 spiro atoms. The molecule has 4 aliphatic carbocycles. The molecule has 5 rings (SSSR count). The van der Waals surface area contributed by atoms with E-state index in [2.05, 4.69) is 46.8 Å². The number of epoxide rings is 1. The molecule has 0 aromatic rings. The van der Waals surface area contributed by atoms with Crippen LogP contribution in [0.3, 0.4) is 0 Å². The second kappa shape index (κ2) is 6.73. The molecule has 3 fully saturated rings. The molecule has 1 saturated heterocycles. The third kappa shape index (κ3) is 2.97. The molecule has 1 heterocycles. The minimum absolute atomic E-state index is 0.0322. The number of allylic oxidation sites excluding steroid dienone is 3. The number of thiol groups is 1. The van der Waals surface area contributed by atoms with Crippen LogP contribution < -0.4 is 0 Å². The van der Waals surface area contributed by atoms with Crippen molar-refractivity contribution in [1.29, 1.82) is 0 Å². The Bertz CT molecular complexity index is 812. The average molecular weight is 429 g/mol. The topological polar surface area (TPSA) is 29.6 Å². The van der Waals surface area contributed by atoms with Crippen LogP contribution in [-0.4, -0.2) is 22.2 Å². The van der Waals surface area contributed by atoms with Gasteiger partial charge in [0.1, 0.15) is 0 Å². The molecule has 1 aliphatic heterocycles. The van der Waals surface area contributed by atoms with Crippen LogP contribution in [0.2, 0.25) is 0 Å². The summed E-state index contributed by atoms with van der Waals surface area (Å²) in [4.78, 5) is 12.1. The zero-order valence-corrected chi connectivity index (χ0v) is 20.4. The highest BCUT2D eigenvalue weighted by Crippen LogP contribution is 2.69.